The van der Waals surface area contributed by atoms with Gasteiger partial charge in [0, 0.05) is 11.5 Å². The summed E-state index contributed by atoms with van der Waals surface area (Å²) in [6.45, 7) is 2.97. The number of benzene rings is 1. The number of anilines is 1. The van der Waals surface area contributed by atoms with Crippen LogP contribution in [0.15, 0.2) is 18.2 Å². The number of amides is 1. The van der Waals surface area contributed by atoms with Crippen LogP contribution >= 0.6 is 11.8 Å². The van der Waals surface area contributed by atoms with Crippen molar-refractivity contribution in [3.8, 4) is 5.75 Å². The van der Waals surface area contributed by atoms with Gasteiger partial charge in [-0.15, -0.1) is 0 Å². The second kappa shape index (κ2) is 8.46. The zero-order valence-corrected chi connectivity index (χ0v) is 15.8. The third-order valence-electron chi connectivity index (χ3n) is 4.57. The van der Waals surface area contributed by atoms with Gasteiger partial charge in [-0.25, -0.2) is 4.79 Å². The normalized spacial score (nSPS) is 15.0. The van der Waals surface area contributed by atoms with E-state index in [1.807, 2.05) is 23.9 Å². The number of nitrogens with one attached hydrogen (secondary N) is 3. The molecule has 0 radical (unpaired) electrons. The van der Waals surface area contributed by atoms with Crippen molar-refractivity contribution in [1.29, 1.82) is 0 Å². The fourth-order valence-electron chi connectivity index (χ4n) is 3.17. The highest BCUT2D eigenvalue weighted by Crippen LogP contribution is 2.35. The molecule has 1 fully saturated rings. The topological polar surface area (TPSA) is 84.9 Å². The molecule has 1 aromatic carbocycles. The standard InChI is InChI=1S/C18H23N3O4S/c1-24-13-5-3-4-12-15(13)16(17(19-12)18(23)25-2)20-14(22)6-7-21-8-10-26-11-9-21/h3-5,19H,6-11H2,1-2H3,(H,20,22)/p+1. The molecule has 0 atom stereocenters. The van der Waals surface area contributed by atoms with Crippen LogP contribution in [-0.4, -0.2) is 62.2 Å². The minimum atomic E-state index is -0.530. The zero-order chi connectivity index (χ0) is 18.5. The van der Waals surface area contributed by atoms with E-state index in [1.165, 1.54) is 12.0 Å². The molecule has 0 saturated carbocycles. The summed E-state index contributed by atoms with van der Waals surface area (Å²) in [5.74, 6) is 2.22. The van der Waals surface area contributed by atoms with E-state index in [0.717, 1.165) is 31.1 Å². The van der Waals surface area contributed by atoms with Gasteiger partial charge in [0.05, 0.1) is 56.9 Å². The number of H-pyrrole nitrogens is 1. The summed E-state index contributed by atoms with van der Waals surface area (Å²) < 4.78 is 10.2. The number of ether oxygens (including phenoxy) is 2. The maximum atomic E-state index is 12.5. The van der Waals surface area contributed by atoms with E-state index < -0.39 is 5.97 Å². The minimum absolute atomic E-state index is 0.118. The first-order chi connectivity index (χ1) is 12.6. The number of esters is 1. The van der Waals surface area contributed by atoms with Crippen LogP contribution in [0.3, 0.4) is 0 Å². The Kier molecular flexibility index (Phi) is 6.05. The molecule has 3 N–H and O–H groups in total. The van der Waals surface area contributed by atoms with Gasteiger partial charge in [0.25, 0.3) is 0 Å². The molecule has 0 aliphatic carbocycles. The molecule has 1 amide bonds. The van der Waals surface area contributed by atoms with Crippen molar-refractivity contribution < 1.29 is 24.0 Å². The average molecular weight is 378 g/mol. The van der Waals surface area contributed by atoms with E-state index in [1.54, 1.807) is 13.2 Å². The van der Waals surface area contributed by atoms with Crippen LogP contribution < -0.4 is 15.0 Å². The lowest BCUT2D eigenvalue weighted by molar-refractivity contribution is -0.895. The number of hydrogen-bond donors (Lipinski definition) is 3. The monoisotopic (exact) mass is 378 g/mol. The van der Waals surface area contributed by atoms with Crippen molar-refractivity contribution in [2.75, 3.05) is 50.7 Å². The van der Waals surface area contributed by atoms with E-state index in [-0.39, 0.29) is 11.6 Å². The van der Waals surface area contributed by atoms with Crippen molar-refractivity contribution in [2.24, 2.45) is 0 Å². The maximum Gasteiger partial charge on any atom is 0.356 e. The summed E-state index contributed by atoms with van der Waals surface area (Å²) in [7, 11) is 2.87. The molecule has 7 nitrogen and oxygen atoms in total. The molecule has 2 aromatic rings. The van der Waals surface area contributed by atoms with Crippen LogP contribution in [0.25, 0.3) is 10.9 Å². The first kappa shape index (κ1) is 18.6. The van der Waals surface area contributed by atoms with Gasteiger partial charge in [0.2, 0.25) is 5.91 Å². The molecule has 1 aliphatic rings. The maximum absolute atomic E-state index is 12.5. The molecule has 26 heavy (non-hydrogen) atoms. The number of aromatic nitrogens is 1. The van der Waals surface area contributed by atoms with Gasteiger partial charge in [0.1, 0.15) is 11.4 Å². The third-order valence-corrected chi connectivity index (χ3v) is 5.55. The van der Waals surface area contributed by atoms with Gasteiger partial charge >= 0.3 is 5.97 Å². The Balaban J connectivity index is 1.82. The quantitative estimate of drug-likeness (QED) is 0.651. The van der Waals surface area contributed by atoms with Gasteiger partial charge in [-0.2, -0.15) is 11.8 Å². The van der Waals surface area contributed by atoms with Gasteiger partial charge in [-0.1, -0.05) is 6.07 Å². The van der Waals surface area contributed by atoms with Crippen LogP contribution in [0, 0.1) is 0 Å². The van der Waals surface area contributed by atoms with E-state index in [0.29, 0.717) is 28.8 Å². The lowest BCUT2D eigenvalue weighted by atomic mass is 10.2. The Hall–Kier alpha value is -2.19. The van der Waals surface area contributed by atoms with E-state index in [2.05, 4.69) is 10.3 Å². The number of carbonyl (C=O) groups excluding carboxylic acids is 2. The van der Waals surface area contributed by atoms with Gasteiger partial charge in [0.15, 0.2) is 0 Å². The largest absolute Gasteiger partial charge is 0.496 e. The molecular formula is C18H24N3O4S+. The van der Waals surface area contributed by atoms with Gasteiger partial charge in [-0.3, -0.25) is 4.79 Å². The first-order valence-electron chi connectivity index (χ1n) is 8.62. The molecule has 8 heteroatoms. The van der Waals surface area contributed by atoms with E-state index in [9.17, 15) is 9.59 Å². The fourth-order valence-corrected chi connectivity index (χ4v) is 4.24. The summed E-state index contributed by atoms with van der Waals surface area (Å²) in [6.07, 6.45) is 0.405. The van der Waals surface area contributed by atoms with Crippen molar-refractivity contribution >= 4 is 40.2 Å². The number of methoxy groups -OCH3 is 2. The molecule has 1 saturated heterocycles. The molecule has 3 rings (SSSR count). The van der Waals surface area contributed by atoms with E-state index in [4.69, 9.17) is 9.47 Å². The lowest BCUT2D eigenvalue weighted by Crippen LogP contribution is -3.13. The molecule has 2 heterocycles. The van der Waals surface area contributed by atoms with Gasteiger partial charge < -0.3 is 24.7 Å². The predicted molar refractivity (Wildman–Crippen MR) is 102 cm³/mol. The summed E-state index contributed by atoms with van der Waals surface area (Å²) >= 11 is 1.96. The fraction of sp³-hybridized carbons (Fsp3) is 0.444. The number of quaternary nitrogens is 1. The summed E-state index contributed by atoms with van der Waals surface area (Å²) in [5, 5.41) is 3.57. The number of hydrogen-bond acceptors (Lipinski definition) is 5. The van der Waals surface area contributed by atoms with Crippen molar-refractivity contribution in [3.63, 3.8) is 0 Å². The number of rotatable bonds is 6. The minimum Gasteiger partial charge on any atom is -0.496 e. The second-order valence-corrected chi connectivity index (χ2v) is 7.38. The highest BCUT2D eigenvalue weighted by Gasteiger charge is 2.23. The molecule has 1 aromatic heterocycles. The van der Waals surface area contributed by atoms with Crippen LogP contribution in [0.4, 0.5) is 5.69 Å². The predicted octanol–water partition coefficient (Wildman–Crippen LogP) is 0.923. The van der Waals surface area contributed by atoms with Crippen molar-refractivity contribution in [3.05, 3.63) is 23.9 Å². The summed E-state index contributed by atoms with van der Waals surface area (Å²) in [6, 6.07) is 5.44. The van der Waals surface area contributed by atoms with Gasteiger partial charge in [-0.05, 0) is 12.1 Å². The van der Waals surface area contributed by atoms with Crippen LogP contribution in [0.2, 0.25) is 0 Å². The Bertz CT molecular complexity index is 799. The first-order valence-corrected chi connectivity index (χ1v) is 9.77. The number of aromatic amines is 1. The SMILES string of the molecule is COC(=O)c1[nH]c2cccc(OC)c2c1NC(=O)CC[NH+]1CCSCC1. The van der Waals surface area contributed by atoms with Crippen molar-refractivity contribution in [2.45, 2.75) is 6.42 Å². The molecule has 140 valence electrons. The van der Waals surface area contributed by atoms with Crippen LogP contribution in [-0.2, 0) is 9.53 Å². The lowest BCUT2D eigenvalue weighted by Gasteiger charge is -2.22. The highest BCUT2D eigenvalue weighted by molar-refractivity contribution is 7.99. The van der Waals surface area contributed by atoms with Crippen LogP contribution in [0.5, 0.6) is 5.75 Å². The third kappa shape index (κ3) is 3.96. The number of fused-ring (bicyclic) bond motifs is 1. The number of carbonyl (C=O) groups is 2. The second-order valence-electron chi connectivity index (χ2n) is 6.16. The summed E-state index contributed by atoms with van der Waals surface area (Å²) in [5.41, 5.74) is 1.35. The molecular weight excluding hydrogens is 354 g/mol. The Morgan fingerprint density at radius 1 is 1.27 bits per heavy atom. The van der Waals surface area contributed by atoms with Crippen molar-refractivity contribution in [1.82, 2.24) is 4.98 Å². The smallest absolute Gasteiger partial charge is 0.356 e. The molecule has 0 unspecified atom stereocenters. The Morgan fingerprint density at radius 2 is 2.04 bits per heavy atom. The number of thioether (sulfide) groups is 1. The average Bonchev–Trinajstić information content (AvgIpc) is 3.05. The van der Waals surface area contributed by atoms with Crippen LogP contribution in [0.1, 0.15) is 16.9 Å². The zero-order valence-electron chi connectivity index (χ0n) is 15.0. The molecule has 1 aliphatic heterocycles. The molecule has 0 bridgehead atoms. The Morgan fingerprint density at radius 3 is 2.73 bits per heavy atom. The summed E-state index contributed by atoms with van der Waals surface area (Å²) in [4.78, 5) is 29.1. The van der Waals surface area contributed by atoms with E-state index >= 15 is 0 Å². The highest BCUT2D eigenvalue weighted by atomic mass is 32.2. The molecule has 0 spiro atoms. The Labute approximate surface area is 156 Å².